The van der Waals surface area contributed by atoms with Crippen molar-refractivity contribution in [2.75, 3.05) is 24.4 Å². The maximum absolute atomic E-state index is 12.5. The Bertz CT molecular complexity index is 752. The Labute approximate surface area is 141 Å². The van der Waals surface area contributed by atoms with Crippen molar-refractivity contribution in [2.24, 2.45) is 0 Å². The number of nitrogens with zero attached hydrogens (tertiary/aromatic N) is 1. The molecule has 2 rings (SSSR count). The lowest BCUT2D eigenvalue weighted by atomic mass is 10.1. The minimum atomic E-state index is -0.251. The lowest BCUT2D eigenvalue weighted by molar-refractivity contribution is -0.119. The zero-order valence-electron chi connectivity index (χ0n) is 14.3. The van der Waals surface area contributed by atoms with Crippen LogP contribution in [0.15, 0.2) is 30.3 Å². The van der Waals surface area contributed by atoms with Gasteiger partial charge in [-0.15, -0.1) is 0 Å². The quantitative estimate of drug-likeness (QED) is 0.885. The van der Waals surface area contributed by atoms with Crippen LogP contribution < -0.4 is 10.6 Å². The van der Waals surface area contributed by atoms with E-state index in [0.29, 0.717) is 16.9 Å². The van der Waals surface area contributed by atoms with Crippen LogP contribution in [0.3, 0.4) is 0 Å². The molecule has 2 amide bonds. The van der Waals surface area contributed by atoms with Gasteiger partial charge in [-0.3, -0.25) is 14.6 Å². The second-order valence-electron chi connectivity index (χ2n) is 5.60. The highest BCUT2D eigenvalue weighted by Crippen LogP contribution is 2.21. The maximum atomic E-state index is 12.5. The van der Waals surface area contributed by atoms with Gasteiger partial charge in [-0.05, 0) is 50.6 Å². The van der Waals surface area contributed by atoms with Crippen molar-refractivity contribution in [1.29, 1.82) is 0 Å². The van der Waals surface area contributed by atoms with Crippen LogP contribution in [0.2, 0.25) is 0 Å². The first-order valence-electron chi connectivity index (χ1n) is 7.55. The van der Waals surface area contributed by atoms with Gasteiger partial charge in [0.1, 0.15) is 6.61 Å². The molecule has 6 heteroatoms. The summed E-state index contributed by atoms with van der Waals surface area (Å²) >= 11 is 0. The number of hydrogen-bond donors (Lipinski definition) is 2. The van der Waals surface area contributed by atoms with E-state index in [1.54, 1.807) is 24.3 Å². The van der Waals surface area contributed by atoms with Crippen LogP contribution in [-0.2, 0) is 9.53 Å². The number of aromatic nitrogens is 1. The van der Waals surface area contributed by atoms with Crippen molar-refractivity contribution >= 4 is 23.2 Å². The first-order valence-corrected chi connectivity index (χ1v) is 7.55. The fourth-order valence-electron chi connectivity index (χ4n) is 2.32. The summed E-state index contributed by atoms with van der Waals surface area (Å²) in [7, 11) is 1.46. The van der Waals surface area contributed by atoms with Gasteiger partial charge in [-0.1, -0.05) is 6.07 Å². The summed E-state index contributed by atoms with van der Waals surface area (Å²) in [5, 5.41) is 5.59. The normalized spacial score (nSPS) is 10.3. The number of nitrogens with one attached hydrogen (secondary N) is 2. The number of benzene rings is 1. The summed E-state index contributed by atoms with van der Waals surface area (Å²) in [6, 6.07) is 8.81. The van der Waals surface area contributed by atoms with Crippen LogP contribution >= 0.6 is 0 Å². The molecule has 1 aromatic heterocycles. The van der Waals surface area contributed by atoms with Crippen LogP contribution in [0.4, 0.5) is 11.4 Å². The standard InChI is InChI=1S/C18H21N3O3/c1-11-5-6-15(20-17(22)10-24-4)9-16(11)21-18(23)14-7-12(2)19-13(3)8-14/h5-9H,10H2,1-4H3,(H,20,22)(H,21,23). The Morgan fingerprint density at radius 3 is 2.33 bits per heavy atom. The van der Waals surface area contributed by atoms with Crippen molar-refractivity contribution in [3.05, 3.63) is 52.8 Å². The van der Waals surface area contributed by atoms with E-state index >= 15 is 0 Å². The molecule has 126 valence electrons. The molecule has 6 nitrogen and oxygen atoms in total. The summed E-state index contributed by atoms with van der Waals surface area (Å²) in [6.45, 7) is 5.56. The molecule has 0 spiro atoms. The van der Waals surface area contributed by atoms with E-state index < -0.39 is 0 Å². The molecule has 0 atom stereocenters. The predicted octanol–water partition coefficient (Wildman–Crippen LogP) is 2.84. The third-order valence-electron chi connectivity index (χ3n) is 3.39. The van der Waals surface area contributed by atoms with E-state index in [4.69, 9.17) is 4.74 Å². The Kier molecular flexibility index (Phi) is 5.65. The molecule has 0 unspecified atom stereocenters. The van der Waals surface area contributed by atoms with E-state index in [9.17, 15) is 9.59 Å². The number of amides is 2. The van der Waals surface area contributed by atoms with Crippen LogP contribution in [0.1, 0.15) is 27.3 Å². The van der Waals surface area contributed by atoms with Crippen LogP contribution in [0, 0.1) is 20.8 Å². The van der Waals surface area contributed by atoms with Gasteiger partial charge >= 0.3 is 0 Å². The van der Waals surface area contributed by atoms with Gasteiger partial charge in [0, 0.05) is 35.4 Å². The zero-order valence-corrected chi connectivity index (χ0v) is 14.3. The average molecular weight is 327 g/mol. The van der Waals surface area contributed by atoms with Gasteiger partial charge in [0.25, 0.3) is 5.91 Å². The zero-order chi connectivity index (χ0) is 17.7. The minimum absolute atomic E-state index is 0.0227. The van der Waals surface area contributed by atoms with Crippen LogP contribution in [0.25, 0.3) is 0 Å². The summed E-state index contributed by atoms with van der Waals surface area (Å²) in [6.07, 6.45) is 0. The first-order chi connectivity index (χ1) is 11.4. The number of hydrogen-bond acceptors (Lipinski definition) is 4. The van der Waals surface area contributed by atoms with Crippen LogP contribution in [0.5, 0.6) is 0 Å². The highest BCUT2D eigenvalue weighted by molar-refractivity contribution is 6.05. The topological polar surface area (TPSA) is 80.3 Å². The van der Waals surface area contributed by atoms with Crippen molar-refractivity contribution < 1.29 is 14.3 Å². The number of methoxy groups -OCH3 is 1. The summed E-state index contributed by atoms with van der Waals surface area (Å²) in [4.78, 5) is 28.3. The monoisotopic (exact) mass is 327 g/mol. The number of ether oxygens (including phenoxy) is 1. The highest BCUT2D eigenvalue weighted by atomic mass is 16.5. The predicted molar refractivity (Wildman–Crippen MR) is 93.3 cm³/mol. The van der Waals surface area contributed by atoms with E-state index in [1.807, 2.05) is 26.8 Å². The second-order valence-corrected chi connectivity index (χ2v) is 5.60. The number of carbonyl (C=O) groups excluding carboxylic acids is 2. The molecule has 0 fully saturated rings. The third kappa shape index (κ3) is 4.63. The number of rotatable bonds is 5. The number of pyridine rings is 1. The Hall–Kier alpha value is -2.73. The van der Waals surface area contributed by atoms with E-state index in [2.05, 4.69) is 15.6 Å². The molecule has 2 aromatic rings. The molecule has 2 N–H and O–H groups in total. The van der Waals surface area contributed by atoms with Gasteiger partial charge < -0.3 is 15.4 Å². The van der Waals surface area contributed by atoms with Gasteiger partial charge in [0.05, 0.1) is 0 Å². The van der Waals surface area contributed by atoms with Gasteiger partial charge in [0.2, 0.25) is 5.91 Å². The lowest BCUT2D eigenvalue weighted by Gasteiger charge is -2.12. The average Bonchev–Trinajstić information content (AvgIpc) is 2.50. The second kappa shape index (κ2) is 7.70. The van der Waals surface area contributed by atoms with Gasteiger partial charge in [-0.2, -0.15) is 0 Å². The highest BCUT2D eigenvalue weighted by Gasteiger charge is 2.11. The van der Waals surface area contributed by atoms with Crippen molar-refractivity contribution in [2.45, 2.75) is 20.8 Å². The molecular weight excluding hydrogens is 306 g/mol. The van der Waals surface area contributed by atoms with E-state index in [-0.39, 0.29) is 18.4 Å². The van der Waals surface area contributed by atoms with Gasteiger partial charge in [0.15, 0.2) is 0 Å². The molecular formula is C18H21N3O3. The fourth-order valence-corrected chi connectivity index (χ4v) is 2.32. The molecule has 0 bridgehead atoms. The van der Waals surface area contributed by atoms with Gasteiger partial charge in [-0.25, -0.2) is 0 Å². The molecule has 0 aliphatic rings. The molecule has 1 aromatic carbocycles. The SMILES string of the molecule is COCC(=O)Nc1ccc(C)c(NC(=O)c2cc(C)nc(C)c2)c1. The van der Waals surface area contributed by atoms with E-state index in [0.717, 1.165) is 17.0 Å². The fraction of sp³-hybridized carbons (Fsp3) is 0.278. The summed E-state index contributed by atoms with van der Waals surface area (Å²) in [5.74, 6) is -0.467. The first kappa shape index (κ1) is 17.6. The molecule has 0 radical (unpaired) electrons. The molecule has 24 heavy (non-hydrogen) atoms. The Morgan fingerprint density at radius 2 is 1.71 bits per heavy atom. The van der Waals surface area contributed by atoms with Crippen molar-refractivity contribution in [3.63, 3.8) is 0 Å². The smallest absolute Gasteiger partial charge is 0.255 e. The van der Waals surface area contributed by atoms with Crippen molar-refractivity contribution in [3.8, 4) is 0 Å². The molecule has 0 aliphatic heterocycles. The molecule has 0 saturated heterocycles. The summed E-state index contributed by atoms with van der Waals surface area (Å²) in [5.41, 5.74) is 4.26. The summed E-state index contributed by atoms with van der Waals surface area (Å²) < 4.78 is 4.79. The van der Waals surface area contributed by atoms with Crippen LogP contribution in [-0.4, -0.2) is 30.5 Å². The molecule has 1 heterocycles. The number of carbonyl (C=O) groups is 2. The minimum Gasteiger partial charge on any atom is -0.375 e. The Morgan fingerprint density at radius 1 is 1.04 bits per heavy atom. The van der Waals surface area contributed by atoms with Crippen molar-refractivity contribution in [1.82, 2.24) is 4.98 Å². The lowest BCUT2D eigenvalue weighted by Crippen LogP contribution is -2.18. The molecule has 0 aliphatic carbocycles. The third-order valence-corrected chi connectivity index (χ3v) is 3.39. The number of anilines is 2. The maximum Gasteiger partial charge on any atom is 0.255 e. The van der Waals surface area contributed by atoms with E-state index in [1.165, 1.54) is 7.11 Å². The number of aryl methyl sites for hydroxylation is 3. The Balaban J connectivity index is 2.19. The largest absolute Gasteiger partial charge is 0.375 e. The molecule has 0 saturated carbocycles.